The Morgan fingerprint density at radius 2 is 1.71 bits per heavy atom. The van der Waals surface area contributed by atoms with Gasteiger partial charge in [-0.25, -0.2) is 14.1 Å². The highest BCUT2D eigenvalue weighted by Crippen LogP contribution is 2.42. The van der Waals surface area contributed by atoms with E-state index in [4.69, 9.17) is 23.2 Å². The molecule has 5 nitrogen and oxygen atoms in total. The Morgan fingerprint density at radius 3 is 2.45 bits per heavy atom. The van der Waals surface area contributed by atoms with Gasteiger partial charge in [-0.15, -0.1) is 0 Å². The number of amides is 1. The molecule has 154 valence electrons. The maximum atomic E-state index is 13.7. The Kier molecular flexibility index (Phi) is 4.43. The van der Waals surface area contributed by atoms with Gasteiger partial charge in [-0.1, -0.05) is 35.3 Å². The molecule has 0 aliphatic heterocycles. The van der Waals surface area contributed by atoms with Crippen LogP contribution in [0.5, 0.6) is 5.75 Å². The highest BCUT2D eigenvalue weighted by atomic mass is 35.5. The van der Waals surface area contributed by atoms with Crippen molar-refractivity contribution >= 4 is 73.2 Å². The molecule has 31 heavy (non-hydrogen) atoms. The standard InChI is InChI=1S/C23H13Cl2FN2O3/c24-12-2-6-19(17(25)8-12)28(23(30)31)20-7-11-1-4-14-16-9-13(26)3-5-18(16)27-22(14)15(11)10-21(20)29/h1-10,27,29H,(H,30,31). The lowest BCUT2D eigenvalue weighted by atomic mass is 10.0. The van der Waals surface area contributed by atoms with Crippen molar-refractivity contribution in [1.82, 2.24) is 4.98 Å². The highest BCUT2D eigenvalue weighted by molar-refractivity contribution is 6.37. The largest absolute Gasteiger partial charge is 0.506 e. The van der Waals surface area contributed by atoms with Gasteiger partial charge in [0, 0.05) is 26.7 Å². The summed E-state index contributed by atoms with van der Waals surface area (Å²) in [5.41, 5.74) is 1.68. The van der Waals surface area contributed by atoms with Crippen LogP contribution in [0.15, 0.2) is 60.7 Å². The van der Waals surface area contributed by atoms with E-state index in [0.29, 0.717) is 21.3 Å². The van der Waals surface area contributed by atoms with Gasteiger partial charge in [0.2, 0.25) is 0 Å². The maximum Gasteiger partial charge on any atom is 0.416 e. The number of aromatic hydroxyl groups is 1. The van der Waals surface area contributed by atoms with Crippen LogP contribution in [-0.2, 0) is 0 Å². The summed E-state index contributed by atoms with van der Waals surface area (Å²) >= 11 is 12.1. The van der Waals surface area contributed by atoms with E-state index >= 15 is 0 Å². The summed E-state index contributed by atoms with van der Waals surface area (Å²) in [5, 5.41) is 24.0. The fourth-order valence-electron chi connectivity index (χ4n) is 3.87. The number of H-pyrrole nitrogens is 1. The van der Waals surface area contributed by atoms with Gasteiger partial charge in [0.15, 0.2) is 0 Å². The van der Waals surface area contributed by atoms with Crippen LogP contribution in [0.1, 0.15) is 0 Å². The third kappa shape index (κ3) is 3.12. The molecule has 3 N–H and O–H groups in total. The zero-order valence-electron chi connectivity index (χ0n) is 15.7. The quantitative estimate of drug-likeness (QED) is 0.259. The van der Waals surface area contributed by atoms with Gasteiger partial charge >= 0.3 is 6.09 Å². The predicted molar refractivity (Wildman–Crippen MR) is 122 cm³/mol. The van der Waals surface area contributed by atoms with Crippen molar-refractivity contribution in [3.63, 3.8) is 0 Å². The molecule has 0 saturated heterocycles. The molecule has 5 aromatic rings. The van der Waals surface area contributed by atoms with Crippen molar-refractivity contribution in [2.75, 3.05) is 4.90 Å². The molecule has 0 spiro atoms. The third-order valence-corrected chi connectivity index (χ3v) is 5.77. The van der Waals surface area contributed by atoms with E-state index in [1.807, 2.05) is 6.07 Å². The van der Waals surface area contributed by atoms with E-state index in [2.05, 4.69) is 4.98 Å². The molecule has 0 aliphatic carbocycles. The molecular weight excluding hydrogens is 442 g/mol. The summed E-state index contributed by atoms with van der Waals surface area (Å²) in [7, 11) is 0. The molecule has 1 amide bonds. The summed E-state index contributed by atoms with van der Waals surface area (Å²) in [5.74, 6) is -0.595. The predicted octanol–water partition coefficient (Wildman–Crippen LogP) is 7.44. The summed E-state index contributed by atoms with van der Waals surface area (Å²) in [6, 6.07) is 15.6. The summed E-state index contributed by atoms with van der Waals surface area (Å²) in [6.07, 6.45) is -1.32. The summed E-state index contributed by atoms with van der Waals surface area (Å²) < 4.78 is 13.7. The van der Waals surface area contributed by atoms with Crippen LogP contribution in [0.4, 0.5) is 20.6 Å². The highest BCUT2D eigenvalue weighted by Gasteiger charge is 2.24. The molecule has 0 radical (unpaired) electrons. The zero-order valence-corrected chi connectivity index (χ0v) is 17.2. The molecule has 0 aliphatic rings. The first-order valence-corrected chi connectivity index (χ1v) is 9.94. The minimum absolute atomic E-state index is 0.0470. The lowest BCUT2D eigenvalue weighted by Crippen LogP contribution is -2.24. The van der Waals surface area contributed by atoms with Gasteiger partial charge in [-0.3, -0.25) is 0 Å². The van der Waals surface area contributed by atoms with Crippen LogP contribution in [-0.4, -0.2) is 21.3 Å². The van der Waals surface area contributed by atoms with Gasteiger partial charge in [-0.05, 0) is 53.9 Å². The number of carboxylic acid groups (broad SMARTS) is 1. The van der Waals surface area contributed by atoms with E-state index in [-0.39, 0.29) is 28.0 Å². The molecule has 0 saturated carbocycles. The number of anilines is 2. The molecular formula is C23H13Cl2FN2O3. The lowest BCUT2D eigenvalue weighted by Gasteiger charge is -2.22. The number of carbonyl (C=O) groups is 1. The number of halogens is 3. The molecule has 0 atom stereocenters. The number of phenols is 1. The van der Waals surface area contributed by atoms with Gasteiger partial charge in [0.1, 0.15) is 11.6 Å². The zero-order chi connectivity index (χ0) is 21.9. The topological polar surface area (TPSA) is 76.6 Å². The van der Waals surface area contributed by atoms with E-state index in [0.717, 1.165) is 21.2 Å². The van der Waals surface area contributed by atoms with Crippen molar-refractivity contribution in [2.45, 2.75) is 0 Å². The van der Waals surface area contributed by atoms with Crippen LogP contribution < -0.4 is 4.90 Å². The number of hydrogen-bond donors (Lipinski definition) is 3. The Morgan fingerprint density at radius 1 is 0.903 bits per heavy atom. The van der Waals surface area contributed by atoms with E-state index in [1.54, 1.807) is 18.2 Å². The van der Waals surface area contributed by atoms with Gasteiger partial charge in [-0.2, -0.15) is 0 Å². The van der Waals surface area contributed by atoms with E-state index < -0.39 is 6.09 Å². The Bertz CT molecular complexity index is 1530. The molecule has 1 heterocycles. The van der Waals surface area contributed by atoms with E-state index in [1.165, 1.54) is 36.4 Å². The minimum atomic E-state index is -1.32. The van der Waals surface area contributed by atoms with Crippen molar-refractivity contribution in [3.8, 4) is 5.75 Å². The number of benzene rings is 4. The van der Waals surface area contributed by atoms with Crippen LogP contribution in [0.25, 0.3) is 32.6 Å². The first kappa shape index (κ1) is 19.5. The van der Waals surface area contributed by atoms with Crippen molar-refractivity contribution in [2.24, 2.45) is 0 Å². The first-order valence-electron chi connectivity index (χ1n) is 9.18. The maximum absolute atomic E-state index is 13.7. The number of aromatic amines is 1. The normalized spacial score (nSPS) is 11.5. The number of rotatable bonds is 2. The molecule has 0 unspecified atom stereocenters. The average molecular weight is 455 g/mol. The van der Waals surface area contributed by atoms with E-state index in [9.17, 15) is 19.4 Å². The third-order valence-electron chi connectivity index (χ3n) is 5.23. The lowest BCUT2D eigenvalue weighted by molar-refractivity contribution is 0.204. The van der Waals surface area contributed by atoms with Crippen LogP contribution in [0.3, 0.4) is 0 Å². The fraction of sp³-hybridized carbons (Fsp3) is 0. The van der Waals surface area contributed by atoms with Crippen molar-refractivity contribution in [1.29, 1.82) is 0 Å². The van der Waals surface area contributed by atoms with Gasteiger partial charge in [0.05, 0.1) is 21.9 Å². The molecule has 0 bridgehead atoms. The second-order valence-electron chi connectivity index (χ2n) is 7.08. The minimum Gasteiger partial charge on any atom is -0.506 e. The summed E-state index contributed by atoms with van der Waals surface area (Å²) in [6.45, 7) is 0. The molecule has 8 heteroatoms. The van der Waals surface area contributed by atoms with Crippen molar-refractivity contribution < 1.29 is 19.4 Å². The number of fused-ring (bicyclic) bond motifs is 5. The number of aromatic nitrogens is 1. The average Bonchev–Trinajstić information content (AvgIpc) is 3.08. The molecule has 5 rings (SSSR count). The van der Waals surface area contributed by atoms with Crippen LogP contribution in [0.2, 0.25) is 10.0 Å². The molecule has 4 aromatic carbocycles. The fourth-order valence-corrected chi connectivity index (χ4v) is 4.36. The number of phenolic OH excluding ortho intramolecular Hbond substituents is 1. The van der Waals surface area contributed by atoms with Gasteiger partial charge < -0.3 is 15.2 Å². The second-order valence-corrected chi connectivity index (χ2v) is 7.92. The monoisotopic (exact) mass is 454 g/mol. The van der Waals surface area contributed by atoms with Crippen molar-refractivity contribution in [3.05, 3.63) is 76.5 Å². The second kappa shape index (κ2) is 7.04. The van der Waals surface area contributed by atoms with Gasteiger partial charge in [0.25, 0.3) is 0 Å². The summed E-state index contributed by atoms with van der Waals surface area (Å²) in [4.78, 5) is 16.2. The van der Waals surface area contributed by atoms with Crippen LogP contribution >= 0.6 is 23.2 Å². The Labute approximate surface area is 184 Å². The Balaban J connectivity index is 1.76. The van der Waals surface area contributed by atoms with Crippen LogP contribution in [0, 0.1) is 5.82 Å². The number of hydrogen-bond acceptors (Lipinski definition) is 2. The number of nitrogens with one attached hydrogen (secondary N) is 1. The first-order chi connectivity index (χ1) is 14.8. The molecule has 0 fully saturated rings. The smallest absolute Gasteiger partial charge is 0.416 e. The SMILES string of the molecule is O=C(O)N(c1cc2ccc3c4cc(F)ccc4[nH]c3c2cc1O)c1ccc(Cl)cc1Cl. The Hall–Kier alpha value is -3.48. The number of nitrogens with zero attached hydrogens (tertiary/aromatic N) is 1. The molecule has 1 aromatic heterocycles.